The zero-order chi connectivity index (χ0) is 10.3. The van der Waals surface area contributed by atoms with Crippen molar-refractivity contribution >= 4 is 5.97 Å². The molecule has 0 atom stereocenters. The molecule has 0 aromatic rings. The second-order valence-corrected chi connectivity index (χ2v) is 4.08. The van der Waals surface area contributed by atoms with Gasteiger partial charge >= 0.3 is 5.97 Å². The quantitative estimate of drug-likeness (QED) is 0.381. The largest absolute Gasteiger partial charge is 0.466 e. The first-order chi connectivity index (χ1) is 5.95. The lowest BCUT2D eigenvalue weighted by Crippen LogP contribution is -2.01. The fourth-order valence-electron chi connectivity index (χ4n) is 0.702. The molecule has 13 heavy (non-hydrogen) atoms. The van der Waals surface area contributed by atoms with E-state index >= 15 is 0 Å². The molecule has 0 unspecified atom stereocenters. The van der Waals surface area contributed by atoms with E-state index in [2.05, 4.69) is 25.5 Å². The van der Waals surface area contributed by atoms with Gasteiger partial charge < -0.3 is 4.74 Å². The number of hydrogen-bond acceptors (Lipinski definition) is 2. The van der Waals surface area contributed by atoms with Crippen molar-refractivity contribution in [1.29, 1.82) is 0 Å². The van der Waals surface area contributed by atoms with Gasteiger partial charge in [0.25, 0.3) is 0 Å². The first-order valence-corrected chi connectivity index (χ1v) is 4.37. The SMILES string of the molecule is COC(=O)C=CC=CCC(C)(C)C. The van der Waals surface area contributed by atoms with Gasteiger partial charge in [0.15, 0.2) is 0 Å². The number of carbonyl (C=O) groups is 1. The minimum absolute atomic E-state index is 0.301. The van der Waals surface area contributed by atoms with E-state index in [1.165, 1.54) is 13.2 Å². The van der Waals surface area contributed by atoms with Crippen LogP contribution in [0.1, 0.15) is 27.2 Å². The Morgan fingerprint density at radius 3 is 2.38 bits per heavy atom. The Morgan fingerprint density at radius 2 is 1.92 bits per heavy atom. The zero-order valence-corrected chi connectivity index (χ0v) is 8.83. The molecule has 0 spiro atoms. The molecule has 0 aromatic heterocycles. The van der Waals surface area contributed by atoms with Crippen molar-refractivity contribution in [3.05, 3.63) is 24.3 Å². The van der Waals surface area contributed by atoms with Crippen molar-refractivity contribution in [3.63, 3.8) is 0 Å². The van der Waals surface area contributed by atoms with Crippen LogP contribution in [-0.4, -0.2) is 13.1 Å². The maximum absolute atomic E-state index is 10.6. The predicted molar refractivity (Wildman–Crippen MR) is 54.4 cm³/mol. The van der Waals surface area contributed by atoms with Crippen LogP contribution < -0.4 is 0 Å². The maximum Gasteiger partial charge on any atom is 0.330 e. The van der Waals surface area contributed by atoms with Crippen LogP contribution in [0.2, 0.25) is 0 Å². The van der Waals surface area contributed by atoms with E-state index in [0.717, 1.165) is 6.42 Å². The molecule has 0 bridgehead atoms. The first-order valence-electron chi connectivity index (χ1n) is 4.37. The van der Waals surface area contributed by atoms with E-state index in [1.807, 2.05) is 12.2 Å². The number of allylic oxidation sites excluding steroid dienone is 3. The Morgan fingerprint density at radius 1 is 1.31 bits per heavy atom. The van der Waals surface area contributed by atoms with Crippen molar-refractivity contribution in [2.24, 2.45) is 5.41 Å². The van der Waals surface area contributed by atoms with Crippen LogP contribution in [0.25, 0.3) is 0 Å². The highest BCUT2D eigenvalue weighted by Crippen LogP contribution is 2.18. The summed E-state index contributed by atoms with van der Waals surface area (Å²) >= 11 is 0. The van der Waals surface area contributed by atoms with E-state index in [4.69, 9.17) is 0 Å². The van der Waals surface area contributed by atoms with Crippen molar-refractivity contribution in [2.75, 3.05) is 7.11 Å². The third kappa shape index (κ3) is 8.86. The smallest absolute Gasteiger partial charge is 0.330 e. The van der Waals surface area contributed by atoms with Gasteiger partial charge in [-0.2, -0.15) is 0 Å². The average Bonchev–Trinajstić information content (AvgIpc) is 2.01. The molecule has 0 saturated heterocycles. The Kier molecular flexibility index (Phi) is 5.12. The Labute approximate surface area is 80.3 Å². The average molecular weight is 182 g/mol. The lowest BCUT2D eigenvalue weighted by atomic mass is 9.92. The van der Waals surface area contributed by atoms with Crippen molar-refractivity contribution in [3.8, 4) is 0 Å². The third-order valence-corrected chi connectivity index (χ3v) is 1.41. The van der Waals surface area contributed by atoms with Gasteiger partial charge in [-0.3, -0.25) is 0 Å². The highest BCUT2D eigenvalue weighted by Gasteiger charge is 2.05. The topological polar surface area (TPSA) is 26.3 Å². The normalized spacial score (nSPS) is 12.6. The second kappa shape index (κ2) is 5.57. The predicted octanol–water partition coefficient (Wildman–Crippen LogP) is 2.71. The summed E-state index contributed by atoms with van der Waals surface area (Å²) in [5.41, 5.74) is 0.301. The lowest BCUT2D eigenvalue weighted by molar-refractivity contribution is -0.134. The molecule has 2 heteroatoms. The fourth-order valence-corrected chi connectivity index (χ4v) is 0.702. The molecule has 0 saturated carbocycles. The number of rotatable bonds is 3. The van der Waals surface area contributed by atoms with Crippen LogP contribution in [0, 0.1) is 5.41 Å². The van der Waals surface area contributed by atoms with Gasteiger partial charge in [-0.1, -0.05) is 39.0 Å². The van der Waals surface area contributed by atoms with Gasteiger partial charge in [0.2, 0.25) is 0 Å². The highest BCUT2D eigenvalue weighted by atomic mass is 16.5. The third-order valence-electron chi connectivity index (χ3n) is 1.41. The minimum atomic E-state index is -0.319. The number of carbonyl (C=O) groups excluding carboxylic acids is 1. The Hall–Kier alpha value is -1.05. The molecular weight excluding hydrogens is 164 g/mol. The molecule has 0 fully saturated rings. The molecule has 0 amide bonds. The van der Waals surface area contributed by atoms with Crippen LogP contribution in [0.4, 0.5) is 0 Å². The number of esters is 1. The van der Waals surface area contributed by atoms with E-state index in [1.54, 1.807) is 6.08 Å². The van der Waals surface area contributed by atoms with Crippen LogP contribution in [0.3, 0.4) is 0 Å². The van der Waals surface area contributed by atoms with Crippen LogP contribution >= 0.6 is 0 Å². The Balaban J connectivity index is 3.76. The summed E-state index contributed by atoms with van der Waals surface area (Å²) in [6.07, 6.45) is 8.00. The Bertz CT molecular complexity index is 207. The monoisotopic (exact) mass is 182 g/mol. The van der Waals surface area contributed by atoms with Crippen LogP contribution in [0.15, 0.2) is 24.3 Å². The molecule has 0 radical (unpaired) electrons. The molecular formula is C11H18O2. The molecule has 0 N–H and O–H groups in total. The van der Waals surface area contributed by atoms with Crippen LogP contribution in [0.5, 0.6) is 0 Å². The fraction of sp³-hybridized carbons (Fsp3) is 0.545. The standard InChI is InChI=1S/C11H18O2/c1-11(2,3)9-7-5-6-8-10(12)13-4/h5-8H,9H2,1-4H3. The molecule has 0 rings (SSSR count). The number of ether oxygens (including phenoxy) is 1. The van der Waals surface area contributed by atoms with Gasteiger partial charge in [0.05, 0.1) is 7.11 Å². The van der Waals surface area contributed by atoms with Gasteiger partial charge in [-0.15, -0.1) is 0 Å². The summed E-state index contributed by atoms with van der Waals surface area (Å²) < 4.78 is 4.44. The van der Waals surface area contributed by atoms with Gasteiger partial charge in [0, 0.05) is 6.08 Å². The lowest BCUT2D eigenvalue weighted by Gasteiger charge is -2.13. The molecule has 74 valence electrons. The van der Waals surface area contributed by atoms with E-state index in [9.17, 15) is 4.79 Å². The molecule has 0 aliphatic heterocycles. The van der Waals surface area contributed by atoms with Crippen LogP contribution in [-0.2, 0) is 9.53 Å². The molecule has 0 aliphatic carbocycles. The minimum Gasteiger partial charge on any atom is -0.466 e. The molecule has 0 heterocycles. The van der Waals surface area contributed by atoms with Gasteiger partial charge in [-0.05, 0) is 11.8 Å². The zero-order valence-electron chi connectivity index (χ0n) is 8.83. The summed E-state index contributed by atoms with van der Waals surface area (Å²) in [7, 11) is 1.37. The van der Waals surface area contributed by atoms with Crippen molar-refractivity contribution in [2.45, 2.75) is 27.2 Å². The molecule has 0 aliphatic rings. The second-order valence-electron chi connectivity index (χ2n) is 4.08. The summed E-state index contributed by atoms with van der Waals surface area (Å²) in [6, 6.07) is 0. The summed E-state index contributed by atoms with van der Waals surface area (Å²) in [4.78, 5) is 10.6. The summed E-state index contributed by atoms with van der Waals surface area (Å²) in [6.45, 7) is 6.50. The number of methoxy groups -OCH3 is 1. The van der Waals surface area contributed by atoms with Gasteiger partial charge in [-0.25, -0.2) is 4.79 Å². The first kappa shape index (κ1) is 11.9. The number of hydrogen-bond donors (Lipinski definition) is 0. The van der Waals surface area contributed by atoms with Gasteiger partial charge in [0.1, 0.15) is 0 Å². The summed E-state index contributed by atoms with van der Waals surface area (Å²) in [5.74, 6) is -0.319. The highest BCUT2D eigenvalue weighted by molar-refractivity contribution is 5.82. The van der Waals surface area contributed by atoms with E-state index in [-0.39, 0.29) is 5.97 Å². The van der Waals surface area contributed by atoms with Crippen molar-refractivity contribution < 1.29 is 9.53 Å². The molecule has 2 nitrogen and oxygen atoms in total. The maximum atomic E-state index is 10.6. The van der Waals surface area contributed by atoms with Crippen molar-refractivity contribution in [1.82, 2.24) is 0 Å². The van der Waals surface area contributed by atoms with E-state index < -0.39 is 0 Å². The molecule has 0 aromatic carbocycles. The summed E-state index contributed by atoms with van der Waals surface area (Å²) in [5, 5.41) is 0. The van der Waals surface area contributed by atoms with E-state index in [0.29, 0.717) is 5.41 Å².